The second-order valence-electron chi connectivity index (χ2n) is 5.40. The largest absolute Gasteiger partial charge is 0.330 e. The van der Waals surface area contributed by atoms with Crippen molar-refractivity contribution in [3.05, 3.63) is 36.0 Å². The minimum atomic E-state index is 0.133. The molecule has 0 aromatic heterocycles. The summed E-state index contributed by atoms with van der Waals surface area (Å²) in [6.07, 6.45) is 14.1. The molecule has 2 aliphatic rings. The molecule has 4 unspecified atom stereocenters. The Balaban J connectivity index is 1.98. The molecule has 0 heterocycles. The molecule has 0 aliphatic heterocycles. The zero-order chi connectivity index (χ0) is 13.0. The molecule has 4 atom stereocenters. The molecule has 0 radical (unpaired) electrons. The highest BCUT2D eigenvalue weighted by molar-refractivity contribution is 5.37. The summed E-state index contributed by atoms with van der Waals surface area (Å²) in [7, 11) is 0. The zero-order valence-electron chi connectivity index (χ0n) is 11.2. The van der Waals surface area contributed by atoms with Crippen LogP contribution in [-0.4, -0.2) is 24.7 Å². The Morgan fingerprint density at radius 3 is 3.11 bits per heavy atom. The number of fused-ring (bicyclic) bond motifs is 1. The molecule has 18 heavy (non-hydrogen) atoms. The van der Waals surface area contributed by atoms with Gasteiger partial charge in [-0.15, -0.1) is 0 Å². The molecule has 0 fully saturated rings. The van der Waals surface area contributed by atoms with Gasteiger partial charge in [0.15, 0.2) is 0 Å². The lowest BCUT2D eigenvalue weighted by atomic mass is 9.77. The van der Waals surface area contributed by atoms with Gasteiger partial charge in [-0.25, -0.2) is 0 Å². The molecule has 3 nitrogen and oxygen atoms in total. The normalized spacial score (nSPS) is 31.9. The van der Waals surface area contributed by atoms with E-state index in [2.05, 4.69) is 42.6 Å². The van der Waals surface area contributed by atoms with E-state index in [1.54, 1.807) is 0 Å². The average molecular weight is 247 g/mol. The summed E-state index contributed by atoms with van der Waals surface area (Å²) in [5.41, 5.74) is 13.2. The SMILES string of the molecule is CC(CCCN)NC1CC=CC2=CC=CC(N)C21. The molecule has 0 amide bonds. The zero-order valence-corrected chi connectivity index (χ0v) is 11.2. The van der Waals surface area contributed by atoms with E-state index in [0.29, 0.717) is 18.0 Å². The summed E-state index contributed by atoms with van der Waals surface area (Å²) < 4.78 is 0. The number of hydrogen-bond acceptors (Lipinski definition) is 3. The van der Waals surface area contributed by atoms with E-state index in [9.17, 15) is 0 Å². The van der Waals surface area contributed by atoms with Crippen molar-refractivity contribution in [2.75, 3.05) is 6.54 Å². The van der Waals surface area contributed by atoms with E-state index >= 15 is 0 Å². The van der Waals surface area contributed by atoms with E-state index < -0.39 is 0 Å². The number of nitrogens with two attached hydrogens (primary N) is 2. The third kappa shape index (κ3) is 3.10. The Bertz CT molecular complexity index is 357. The molecule has 2 aliphatic carbocycles. The lowest BCUT2D eigenvalue weighted by Gasteiger charge is -2.37. The van der Waals surface area contributed by atoms with Crippen molar-refractivity contribution < 1.29 is 0 Å². The highest BCUT2D eigenvalue weighted by Crippen LogP contribution is 2.30. The van der Waals surface area contributed by atoms with Gasteiger partial charge < -0.3 is 16.8 Å². The highest BCUT2D eigenvalue weighted by Gasteiger charge is 2.31. The van der Waals surface area contributed by atoms with E-state index in [0.717, 1.165) is 25.8 Å². The predicted octanol–water partition coefficient (Wildman–Crippen LogP) is 1.47. The first kappa shape index (κ1) is 13.5. The van der Waals surface area contributed by atoms with Crippen LogP contribution in [0.3, 0.4) is 0 Å². The van der Waals surface area contributed by atoms with Crippen molar-refractivity contribution in [1.29, 1.82) is 0 Å². The topological polar surface area (TPSA) is 64.1 Å². The van der Waals surface area contributed by atoms with E-state index in [4.69, 9.17) is 11.5 Å². The average Bonchev–Trinajstić information content (AvgIpc) is 2.37. The first-order chi connectivity index (χ1) is 8.72. The van der Waals surface area contributed by atoms with Gasteiger partial charge >= 0.3 is 0 Å². The summed E-state index contributed by atoms with van der Waals surface area (Å²) in [5.74, 6) is 0.417. The lowest BCUT2D eigenvalue weighted by Crippen LogP contribution is -2.49. The van der Waals surface area contributed by atoms with E-state index in [1.165, 1.54) is 5.57 Å². The molecule has 0 saturated carbocycles. The second kappa shape index (κ2) is 6.32. The van der Waals surface area contributed by atoms with Crippen LogP contribution in [0, 0.1) is 5.92 Å². The van der Waals surface area contributed by atoms with Crippen LogP contribution < -0.4 is 16.8 Å². The molecular formula is C15H25N3. The number of hydrogen-bond donors (Lipinski definition) is 3. The number of nitrogens with one attached hydrogen (secondary N) is 1. The summed E-state index contributed by atoms with van der Waals surface area (Å²) >= 11 is 0. The third-order valence-corrected chi connectivity index (χ3v) is 3.90. The van der Waals surface area contributed by atoms with Crippen molar-refractivity contribution in [3.63, 3.8) is 0 Å². The fraction of sp³-hybridized carbons (Fsp3) is 0.600. The lowest BCUT2D eigenvalue weighted by molar-refractivity contribution is 0.325. The number of allylic oxidation sites excluding steroid dienone is 3. The highest BCUT2D eigenvalue weighted by atomic mass is 15.0. The van der Waals surface area contributed by atoms with Gasteiger partial charge in [0.2, 0.25) is 0 Å². The Morgan fingerprint density at radius 2 is 2.33 bits per heavy atom. The van der Waals surface area contributed by atoms with E-state index in [-0.39, 0.29) is 6.04 Å². The van der Waals surface area contributed by atoms with Crippen molar-refractivity contribution in [3.8, 4) is 0 Å². The Labute approximate surface area is 110 Å². The van der Waals surface area contributed by atoms with E-state index in [1.807, 2.05) is 0 Å². The summed E-state index contributed by atoms with van der Waals surface area (Å²) in [6.45, 7) is 3.01. The molecule has 5 N–H and O–H groups in total. The Kier molecular flexibility index (Phi) is 4.75. The molecule has 0 saturated heterocycles. The monoisotopic (exact) mass is 247 g/mol. The van der Waals surface area contributed by atoms with Crippen molar-refractivity contribution >= 4 is 0 Å². The van der Waals surface area contributed by atoms with Crippen molar-refractivity contribution in [2.24, 2.45) is 17.4 Å². The minimum absolute atomic E-state index is 0.133. The first-order valence-electron chi connectivity index (χ1n) is 6.99. The van der Waals surface area contributed by atoms with Crippen LogP contribution >= 0.6 is 0 Å². The van der Waals surface area contributed by atoms with Crippen LogP contribution in [-0.2, 0) is 0 Å². The number of rotatable bonds is 5. The van der Waals surface area contributed by atoms with Gasteiger partial charge in [-0.3, -0.25) is 0 Å². The molecule has 0 aromatic rings. The van der Waals surface area contributed by atoms with Gasteiger partial charge in [0, 0.05) is 24.0 Å². The van der Waals surface area contributed by atoms with Crippen molar-refractivity contribution in [1.82, 2.24) is 5.32 Å². The third-order valence-electron chi connectivity index (χ3n) is 3.90. The summed E-state index contributed by atoms with van der Waals surface area (Å²) in [6, 6.07) is 1.09. The van der Waals surface area contributed by atoms with Crippen molar-refractivity contribution in [2.45, 2.75) is 44.3 Å². The molecule has 0 spiro atoms. The maximum atomic E-state index is 6.23. The fourth-order valence-corrected chi connectivity index (χ4v) is 2.96. The molecule has 3 heteroatoms. The maximum absolute atomic E-state index is 6.23. The predicted molar refractivity (Wildman–Crippen MR) is 77.1 cm³/mol. The fourth-order valence-electron chi connectivity index (χ4n) is 2.96. The molecule has 0 aromatic carbocycles. The van der Waals surface area contributed by atoms with Crippen LogP contribution in [0.2, 0.25) is 0 Å². The maximum Gasteiger partial charge on any atom is 0.0311 e. The van der Waals surface area contributed by atoms with Crippen LogP contribution in [0.4, 0.5) is 0 Å². The Morgan fingerprint density at radius 1 is 1.50 bits per heavy atom. The minimum Gasteiger partial charge on any atom is -0.330 e. The van der Waals surface area contributed by atoms with Gasteiger partial charge in [-0.1, -0.05) is 30.4 Å². The molecular weight excluding hydrogens is 222 g/mol. The van der Waals surface area contributed by atoms with Gasteiger partial charge in [-0.05, 0) is 38.3 Å². The van der Waals surface area contributed by atoms with Gasteiger partial charge in [0.25, 0.3) is 0 Å². The van der Waals surface area contributed by atoms with Crippen LogP contribution in [0.25, 0.3) is 0 Å². The van der Waals surface area contributed by atoms with Crippen LogP contribution in [0.5, 0.6) is 0 Å². The molecule has 2 rings (SSSR count). The second-order valence-corrected chi connectivity index (χ2v) is 5.40. The van der Waals surface area contributed by atoms with Crippen LogP contribution in [0.1, 0.15) is 26.2 Å². The summed E-state index contributed by atoms with van der Waals surface area (Å²) in [5, 5.41) is 3.72. The van der Waals surface area contributed by atoms with Gasteiger partial charge in [0.05, 0.1) is 0 Å². The standard InChI is InChI=1S/C15H25N3/c1-11(5-4-10-16)18-14-9-3-7-12-6-2-8-13(17)15(12)14/h2-3,6-8,11,13-15,18H,4-5,9-10,16-17H2,1H3. The molecule has 0 bridgehead atoms. The quantitative estimate of drug-likeness (QED) is 0.689. The van der Waals surface area contributed by atoms with Gasteiger partial charge in [-0.2, -0.15) is 0 Å². The summed E-state index contributed by atoms with van der Waals surface area (Å²) in [4.78, 5) is 0. The Hall–Kier alpha value is -0.900. The van der Waals surface area contributed by atoms with Gasteiger partial charge in [0.1, 0.15) is 0 Å². The first-order valence-corrected chi connectivity index (χ1v) is 6.99. The van der Waals surface area contributed by atoms with Crippen LogP contribution in [0.15, 0.2) is 36.0 Å². The molecule has 100 valence electrons. The smallest absolute Gasteiger partial charge is 0.0311 e.